The van der Waals surface area contributed by atoms with Crippen molar-refractivity contribution in [1.82, 2.24) is 5.32 Å². The van der Waals surface area contributed by atoms with Gasteiger partial charge in [0.1, 0.15) is 5.82 Å². The lowest BCUT2D eigenvalue weighted by Crippen LogP contribution is -2.24. The minimum absolute atomic E-state index is 0.107. The molecule has 1 nitrogen and oxygen atoms in total. The molecule has 1 aliphatic heterocycles. The molecule has 0 atom stereocenters. The normalized spacial score (nSPS) is 14.3. The van der Waals surface area contributed by atoms with Crippen LogP contribution in [0.3, 0.4) is 0 Å². The highest BCUT2D eigenvalue weighted by molar-refractivity contribution is 5.40. The fourth-order valence-corrected chi connectivity index (χ4v) is 2.62. The van der Waals surface area contributed by atoms with Crippen LogP contribution in [0.2, 0.25) is 0 Å². The quantitative estimate of drug-likeness (QED) is 0.852. The van der Waals surface area contributed by atoms with E-state index in [-0.39, 0.29) is 5.82 Å². The molecule has 0 unspecified atom stereocenters. The van der Waals surface area contributed by atoms with Gasteiger partial charge in [-0.2, -0.15) is 0 Å². The zero-order valence-electron chi connectivity index (χ0n) is 10.2. The Morgan fingerprint density at radius 2 is 1.83 bits per heavy atom. The van der Waals surface area contributed by atoms with Crippen molar-refractivity contribution < 1.29 is 4.39 Å². The Balaban J connectivity index is 1.96. The average Bonchev–Trinajstić information content (AvgIpc) is 2.42. The van der Waals surface area contributed by atoms with Crippen molar-refractivity contribution in [3.63, 3.8) is 0 Å². The van der Waals surface area contributed by atoms with E-state index in [9.17, 15) is 4.39 Å². The molecule has 92 valence electrons. The van der Waals surface area contributed by atoms with Crippen molar-refractivity contribution in [2.75, 3.05) is 6.54 Å². The first kappa shape index (κ1) is 11.4. The first-order valence-corrected chi connectivity index (χ1v) is 6.38. The van der Waals surface area contributed by atoms with Gasteiger partial charge >= 0.3 is 0 Å². The molecule has 2 aromatic rings. The summed E-state index contributed by atoms with van der Waals surface area (Å²) >= 11 is 0. The van der Waals surface area contributed by atoms with E-state index in [1.54, 1.807) is 6.07 Å². The van der Waals surface area contributed by atoms with Crippen molar-refractivity contribution in [2.24, 2.45) is 0 Å². The van der Waals surface area contributed by atoms with Gasteiger partial charge in [0.2, 0.25) is 0 Å². The van der Waals surface area contributed by atoms with Gasteiger partial charge in [0, 0.05) is 13.0 Å². The maximum atomic E-state index is 13.7. The standard InChI is InChI=1S/C16H16FN/c17-16-7-2-1-4-13(16)10-12-5-3-6-14-11-18-9-8-15(12)14/h1-7,18H,8-11H2. The van der Waals surface area contributed by atoms with Gasteiger partial charge in [0.25, 0.3) is 0 Å². The second-order valence-corrected chi connectivity index (χ2v) is 4.75. The molecule has 0 aromatic heterocycles. The lowest BCUT2D eigenvalue weighted by molar-refractivity contribution is 0.611. The van der Waals surface area contributed by atoms with Crippen molar-refractivity contribution >= 4 is 0 Å². The van der Waals surface area contributed by atoms with Crippen LogP contribution < -0.4 is 5.32 Å². The van der Waals surface area contributed by atoms with Gasteiger partial charge in [0.05, 0.1) is 0 Å². The maximum absolute atomic E-state index is 13.7. The predicted octanol–water partition coefficient (Wildman–Crippen LogP) is 3.06. The molecule has 0 radical (unpaired) electrons. The summed E-state index contributed by atoms with van der Waals surface area (Å²) < 4.78 is 13.7. The topological polar surface area (TPSA) is 12.0 Å². The van der Waals surface area contributed by atoms with Crippen LogP contribution >= 0.6 is 0 Å². The number of halogens is 1. The molecule has 0 amide bonds. The zero-order valence-corrected chi connectivity index (χ0v) is 10.2. The van der Waals surface area contributed by atoms with Crippen LogP contribution in [0.5, 0.6) is 0 Å². The van der Waals surface area contributed by atoms with E-state index in [1.165, 1.54) is 22.8 Å². The van der Waals surface area contributed by atoms with Gasteiger partial charge in [-0.15, -0.1) is 0 Å². The lowest BCUT2D eigenvalue weighted by Gasteiger charge is -2.20. The second kappa shape index (κ2) is 4.91. The second-order valence-electron chi connectivity index (χ2n) is 4.75. The monoisotopic (exact) mass is 241 g/mol. The molecule has 0 fully saturated rings. The van der Waals surface area contributed by atoms with E-state index in [0.717, 1.165) is 25.1 Å². The molecule has 2 heteroatoms. The highest BCUT2D eigenvalue weighted by Crippen LogP contribution is 2.22. The van der Waals surface area contributed by atoms with Gasteiger partial charge in [0.15, 0.2) is 0 Å². The third-order valence-electron chi connectivity index (χ3n) is 3.58. The fraction of sp³-hybridized carbons (Fsp3) is 0.250. The molecule has 2 aromatic carbocycles. The smallest absolute Gasteiger partial charge is 0.126 e. The predicted molar refractivity (Wildman–Crippen MR) is 71.1 cm³/mol. The van der Waals surface area contributed by atoms with Crippen molar-refractivity contribution in [3.8, 4) is 0 Å². The summed E-state index contributed by atoms with van der Waals surface area (Å²) in [6, 6.07) is 13.4. The summed E-state index contributed by atoms with van der Waals surface area (Å²) in [5.74, 6) is -0.107. The van der Waals surface area contributed by atoms with E-state index in [4.69, 9.17) is 0 Å². The van der Waals surface area contributed by atoms with Crippen molar-refractivity contribution in [2.45, 2.75) is 19.4 Å². The van der Waals surface area contributed by atoms with Crippen molar-refractivity contribution in [3.05, 3.63) is 70.5 Å². The fourth-order valence-electron chi connectivity index (χ4n) is 2.62. The Morgan fingerprint density at radius 1 is 1.00 bits per heavy atom. The van der Waals surface area contributed by atoms with Crippen LogP contribution in [-0.4, -0.2) is 6.54 Å². The Morgan fingerprint density at radius 3 is 2.72 bits per heavy atom. The molecule has 0 spiro atoms. The zero-order chi connectivity index (χ0) is 12.4. The molecule has 0 saturated heterocycles. The van der Waals surface area contributed by atoms with Gasteiger partial charge in [-0.05, 0) is 41.3 Å². The highest BCUT2D eigenvalue weighted by atomic mass is 19.1. The van der Waals surface area contributed by atoms with E-state index in [2.05, 4.69) is 23.5 Å². The van der Waals surface area contributed by atoms with Gasteiger partial charge < -0.3 is 5.32 Å². The summed E-state index contributed by atoms with van der Waals surface area (Å²) in [5.41, 5.74) is 4.80. The first-order valence-electron chi connectivity index (χ1n) is 6.38. The van der Waals surface area contributed by atoms with Crippen LogP contribution in [0.25, 0.3) is 0 Å². The Labute approximate surface area is 107 Å². The summed E-state index contributed by atoms with van der Waals surface area (Å²) in [6.45, 7) is 1.95. The Hall–Kier alpha value is -1.67. The minimum Gasteiger partial charge on any atom is -0.312 e. The number of fused-ring (bicyclic) bond motifs is 1. The van der Waals surface area contributed by atoms with E-state index in [1.807, 2.05) is 12.1 Å². The molecule has 0 aliphatic carbocycles. The number of rotatable bonds is 2. The highest BCUT2D eigenvalue weighted by Gasteiger charge is 2.13. The molecular weight excluding hydrogens is 225 g/mol. The van der Waals surface area contributed by atoms with Crippen LogP contribution in [0.4, 0.5) is 4.39 Å². The van der Waals surface area contributed by atoms with E-state index in [0.29, 0.717) is 6.42 Å². The SMILES string of the molecule is Fc1ccccc1Cc1cccc2c1CCNC2. The lowest BCUT2D eigenvalue weighted by atomic mass is 9.92. The molecule has 18 heavy (non-hydrogen) atoms. The summed E-state index contributed by atoms with van der Waals surface area (Å²) in [5, 5.41) is 3.37. The number of hydrogen-bond donors (Lipinski definition) is 1. The summed E-state index contributed by atoms with van der Waals surface area (Å²) in [4.78, 5) is 0. The molecule has 0 saturated carbocycles. The molecular formula is C16H16FN. The third-order valence-corrected chi connectivity index (χ3v) is 3.58. The maximum Gasteiger partial charge on any atom is 0.126 e. The van der Waals surface area contributed by atoms with E-state index >= 15 is 0 Å². The summed E-state index contributed by atoms with van der Waals surface area (Å²) in [6.07, 6.45) is 1.73. The van der Waals surface area contributed by atoms with Gasteiger partial charge in [-0.3, -0.25) is 0 Å². The molecule has 1 aliphatic rings. The number of hydrogen-bond acceptors (Lipinski definition) is 1. The van der Waals surface area contributed by atoms with E-state index < -0.39 is 0 Å². The van der Waals surface area contributed by atoms with Crippen LogP contribution in [0.15, 0.2) is 42.5 Å². The molecule has 1 heterocycles. The number of nitrogens with one attached hydrogen (secondary N) is 1. The van der Waals surface area contributed by atoms with Crippen molar-refractivity contribution in [1.29, 1.82) is 0 Å². The average molecular weight is 241 g/mol. The number of benzene rings is 2. The Bertz CT molecular complexity index is 563. The molecule has 1 N–H and O–H groups in total. The van der Waals surface area contributed by atoms with Crippen LogP contribution in [0, 0.1) is 5.82 Å². The van der Waals surface area contributed by atoms with Gasteiger partial charge in [-0.1, -0.05) is 36.4 Å². The first-order chi connectivity index (χ1) is 8.84. The Kier molecular flexibility index (Phi) is 3.11. The third kappa shape index (κ3) is 2.16. The van der Waals surface area contributed by atoms with Crippen LogP contribution in [-0.2, 0) is 19.4 Å². The van der Waals surface area contributed by atoms with Crippen LogP contribution in [0.1, 0.15) is 22.3 Å². The molecule has 3 rings (SSSR count). The minimum atomic E-state index is -0.107. The molecule has 0 bridgehead atoms. The van der Waals surface area contributed by atoms with Gasteiger partial charge in [-0.25, -0.2) is 4.39 Å². The summed E-state index contributed by atoms with van der Waals surface area (Å²) in [7, 11) is 0. The largest absolute Gasteiger partial charge is 0.312 e.